The SMILES string of the molecule is CC/C=C/C=C/C=C/C=C/C=C/CCCC(=O)OC(COC(=O)CCCCCCC/C=C/C=C/C=C/C=C/CC)COP(=O)(O)OCCN. The fourth-order valence-corrected chi connectivity index (χ4v) is 4.61. The molecule has 0 aromatic rings. The molecule has 0 spiro atoms. The molecule has 0 saturated carbocycles. The third kappa shape index (κ3) is 34.3. The van der Waals surface area contributed by atoms with Crippen molar-refractivity contribution >= 4 is 19.8 Å². The average molecular weight is 702 g/mol. The summed E-state index contributed by atoms with van der Waals surface area (Å²) in [5.74, 6) is -0.961. The zero-order valence-electron chi connectivity index (χ0n) is 29.6. The minimum atomic E-state index is -4.40. The first kappa shape index (κ1) is 45.7. The molecule has 49 heavy (non-hydrogen) atoms. The summed E-state index contributed by atoms with van der Waals surface area (Å²) in [4.78, 5) is 34.6. The predicted octanol–water partition coefficient (Wildman–Crippen LogP) is 9.26. The molecule has 0 bridgehead atoms. The molecule has 10 heteroatoms. The molecule has 0 rings (SSSR count). The lowest BCUT2D eigenvalue weighted by molar-refractivity contribution is -0.161. The second kappa shape index (κ2) is 34.5. The summed E-state index contributed by atoms with van der Waals surface area (Å²) in [7, 11) is -4.40. The molecule has 0 radical (unpaired) electrons. The number of phosphoric acid groups is 1. The van der Waals surface area contributed by atoms with Crippen LogP contribution in [0.1, 0.15) is 90.9 Å². The van der Waals surface area contributed by atoms with Crippen LogP contribution in [0.5, 0.6) is 0 Å². The van der Waals surface area contributed by atoms with E-state index in [2.05, 4.69) is 38.2 Å². The fourth-order valence-electron chi connectivity index (χ4n) is 3.85. The minimum Gasteiger partial charge on any atom is -0.462 e. The number of esters is 2. The summed E-state index contributed by atoms with van der Waals surface area (Å²) in [6.07, 6.45) is 44.2. The molecular weight excluding hydrogens is 641 g/mol. The van der Waals surface area contributed by atoms with E-state index in [9.17, 15) is 19.0 Å². The highest BCUT2D eigenvalue weighted by Gasteiger charge is 2.25. The number of carbonyl (C=O) groups is 2. The maximum atomic E-state index is 12.5. The molecule has 2 unspecified atom stereocenters. The van der Waals surface area contributed by atoms with E-state index in [0.717, 1.165) is 44.9 Å². The molecule has 0 aromatic carbocycles. The molecule has 0 aliphatic rings. The zero-order valence-corrected chi connectivity index (χ0v) is 30.5. The molecule has 0 amide bonds. The van der Waals surface area contributed by atoms with Gasteiger partial charge in [0.15, 0.2) is 6.10 Å². The van der Waals surface area contributed by atoms with Crippen molar-refractivity contribution in [2.45, 2.75) is 97.0 Å². The zero-order chi connectivity index (χ0) is 36.1. The number of phosphoric ester groups is 1. The Morgan fingerprint density at radius 3 is 1.63 bits per heavy atom. The van der Waals surface area contributed by atoms with Crippen LogP contribution in [-0.4, -0.2) is 49.3 Å². The van der Waals surface area contributed by atoms with Gasteiger partial charge in [-0.2, -0.15) is 0 Å². The van der Waals surface area contributed by atoms with Gasteiger partial charge in [-0.15, -0.1) is 0 Å². The van der Waals surface area contributed by atoms with E-state index in [1.165, 1.54) is 0 Å². The van der Waals surface area contributed by atoms with Crippen molar-refractivity contribution in [1.29, 1.82) is 0 Å². The fraction of sp³-hybridized carbons (Fsp3) is 0.487. The van der Waals surface area contributed by atoms with E-state index in [1.807, 2.05) is 85.1 Å². The lowest BCUT2D eigenvalue weighted by Crippen LogP contribution is -2.29. The molecule has 9 nitrogen and oxygen atoms in total. The average Bonchev–Trinajstić information content (AvgIpc) is 3.08. The lowest BCUT2D eigenvalue weighted by Gasteiger charge is -2.19. The first-order valence-corrected chi connectivity index (χ1v) is 19.0. The molecule has 0 saturated heterocycles. The van der Waals surface area contributed by atoms with Gasteiger partial charge >= 0.3 is 19.8 Å². The van der Waals surface area contributed by atoms with Gasteiger partial charge < -0.3 is 20.1 Å². The number of carbonyl (C=O) groups excluding carboxylic acids is 2. The highest BCUT2D eigenvalue weighted by Crippen LogP contribution is 2.43. The highest BCUT2D eigenvalue weighted by molar-refractivity contribution is 7.47. The van der Waals surface area contributed by atoms with Gasteiger partial charge in [0.2, 0.25) is 0 Å². The van der Waals surface area contributed by atoms with Crippen LogP contribution in [-0.2, 0) is 32.7 Å². The van der Waals surface area contributed by atoms with Crippen LogP contribution in [0.4, 0.5) is 0 Å². The standard InChI is InChI=1S/C39H60NO8P/c1-3-5-7-9-11-13-15-17-18-20-21-23-25-27-29-31-38(41)45-35-37(36-47-49(43,44)46-34-33-40)48-39(42)32-30-28-26-24-22-19-16-14-12-10-8-6-4-2/h5-19,22,24,26,37H,3-4,20-21,23,25,27-36,40H2,1-2H3,(H,43,44)/b7-5+,8-6+,11-9+,12-10+,15-13+,16-14+,18-17+,22-19+,26-24+. The Morgan fingerprint density at radius 1 is 0.612 bits per heavy atom. The number of hydrogen-bond acceptors (Lipinski definition) is 8. The molecule has 3 N–H and O–H groups in total. The van der Waals surface area contributed by atoms with Gasteiger partial charge in [0.25, 0.3) is 0 Å². The van der Waals surface area contributed by atoms with Gasteiger partial charge in [-0.1, -0.05) is 142 Å². The van der Waals surface area contributed by atoms with Gasteiger partial charge in [0.1, 0.15) is 6.61 Å². The van der Waals surface area contributed by atoms with Crippen LogP contribution in [0.3, 0.4) is 0 Å². The molecular formula is C39H60NO8P. The smallest absolute Gasteiger partial charge is 0.462 e. The molecule has 0 fully saturated rings. The summed E-state index contributed by atoms with van der Waals surface area (Å²) in [6.45, 7) is 3.27. The first-order valence-electron chi connectivity index (χ1n) is 17.5. The van der Waals surface area contributed by atoms with Crippen molar-refractivity contribution in [3.05, 3.63) is 109 Å². The quantitative estimate of drug-likeness (QED) is 0.0325. The first-order chi connectivity index (χ1) is 23.8. The Morgan fingerprint density at radius 2 is 1.08 bits per heavy atom. The van der Waals surface area contributed by atoms with Gasteiger partial charge in [0, 0.05) is 19.4 Å². The Balaban J connectivity index is 4.47. The van der Waals surface area contributed by atoms with Crippen LogP contribution in [0.15, 0.2) is 109 Å². The van der Waals surface area contributed by atoms with Crippen molar-refractivity contribution in [3.63, 3.8) is 0 Å². The van der Waals surface area contributed by atoms with E-state index in [4.69, 9.17) is 24.3 Å². The summed E-state index contributed by atoms with van der Waals surface area (Å²) in [5.41, 5.74) is 5.31. The molecule has 0 aromatic heterocycles. The minimum absolute atomic E-state index is 0.0312. The normalized spacial score (nSPS) is 14.8. The number of unbranched alkanes of at least 4 members (excludes halogenated alkanes) is 6. The second-order valence-electron chi connectivity index (χ2n) is 10.8. The van der Waals surface area contributed by atoms with Crippen LogP contribution in [0.25, 0.3) is 0 Å². The van der Waals surface area contributed by atoms with Gasteiger partial charge in [-0.05, 0) is 44.9 Å². The van der Waals surface area contributed by atoms with E-state index < -0.39 is 32.5 Å². The summed E-state index contributed by atoms with van der Waals surface area (Å²) >= 11 is 0. The van der Waals surface area contributed by atoms with Crippen LogP contribution < -0.4 is 5.73 Å². The summed E-state index contributed by atoms with van der Waals surface area (Å²) < 4.78 is 32.5. The second-order valence-corrected chi connectivity index (χ2v) is 12.3. The van der Waals surface area contributed by atoms with Crippen molar-refractivity contribution in [2.24, 2.45) is 5.73 Å². The topological polar surface area (TPSA) is 134 Å². The van der Waals surface area contributed by atoms with Crippen molar-refractivity contribution in [1.82, 2.24) is 0 Å². The molecule has 0 aliphatic heterocycles. The molecule has 0 heterocycles. The van der Waals surface area contributed by atoms with Crippen LogP contribution >= 0.6 is 7.82 Å². The van der Waals surface area contributed by atoms with E-state index in [1.54, 1.807) is 0 Å². The van der Waals surface area contributed by atoms with E-state index >= 15 is 0 Å². The Kier molecular flexibility index (Phi) is 32.2. The number of hydrogen-bond donors (Lipinski definition) is 2. The van der Waals surface area contributed by atoms with E-state index in [0.29, 0.717) is 19.3 Å². The summed E-state index contributed by atoms with van der Waals surface area (Å²) in [6, 6.07) is 0. The van der Waals surface area contributed by atoms with Crippen molar-refractivity contribution < 1.29 is 37.6 Å². The largest absolute Gasteiger partial charge is 0.472 e. The third-order valence-corrected chi connectivity index (χ3v) is 7.36. The molecule has 2 atom stereocenters. The predicted molar refractivity (Wildman–Crippen MR) is 201 cm³/mol. The number of nitrogens with two attached hydrogens (primary N) is 1. The third-order valence-electron chi connectivity index (χ3n) is 6.38. The maximum Gasteiger partial charge on any atom is 0.472 e. The Hall–Kier alpha value is -3.33. The van der Waals surface area contributed by atoms with Crippen molar-refractivity contribution in [3.8, 4) is 0 Å². The van der Waals surface area contributed by atoms with Gasteiger partial charge in [-0.3, -0.25) is 18.6 Å². The lowest BCUT2D eigenvalue weighted by atomic mass is 10.1. The number of ether oxygens (including phenoxy) is 2. The van der Waals surface area contributed by atoms with Crippen LogP contribution in [0, 0.1) is 0 Å². The number of allylic oxidation sites excluding steroid dienone is 18. The Bertz CT molecular complexity index is 1160. The molecule has 274 valence electrons. The maximum absolute atomic E-state index is 12.5. The summed E-state index contributed by atoms with van der Waals surface area (Å²) in [5, 5.41) is 0. The van der Waals surface area contributed by atoms with Crippen molar-refractivity contribution in [2.75, 3.05) is 26.4 Å². The highest BCUT2D eigenvalue weighted by atomic mass is 31.2. The monoisotopic (exact) mass is 701 g/mol. The van der Waals surface area contributed by atoms with Crippen LogP contribution in [0.2, 0.25) is 0 Å². The van der Waals surface area contributed by atoms with E-state index in [-0.39, 0.29) is 32.6 Å². The number of rotatable bonds is 30. The molecule has 0 aliphatic carbocycles. The van der Waals surface area contributed by atoms with Gasteiger partial charge in [-0.25, -0.2) is 4.57 Å². The van der Waals surface area contributed by atoms with Gasteiger partial charge in [0.05, 0.1) is 13.2 Å². The Labute approximate surface area is 295 Å².